The van der Waals surface area contributed by atoms with Crippen molar-refractivity contribution in [1.82, 2.24) is 0 Å². The van der Waals surface area contributed by atoms with Gasteiger partial charge < -0.3 is 4.43 Å². The number of hydrogen-bond donors (Lipinski definition) is 0. The average molecular weight is 429 g/mol. The lowest BCUT2D eigenvalue weighted by Gasteiger charge is -2.42. The van der Waals surface area contributed by atoms with Crippen LogP contribution >= 0.6 is 0 Å². The highest BCUT2D eigenvalue weighted by Gasteiger charge is 2.44. The highest BCUT2D eigenvalue weighted by molar-refractivity contribution is 7.86. The first-order chi connectivity index (χ1) is 13.0. The predicted octanol–water partition coefficient (Wildman–Crippen LogP) is 6.45. The van der Waals surface area contributed by atoms with Crippen LogP contribution in [0.1, 0.15) is 72.8 Å². The lowest BCUT2D eigenvalue weighted by Crippen LogP contribution is -2.47. The molecule has 0 heterocycles. The van der Waals surface area contributed by atoms with Crippen molar-refractivity contribution in [3.63, 3.8) is 0 Å². The van der Waals surface area contributed by atoms with Gasteiger partial charge in [-0.2, -0.15) is 8.42 Å². The van der Waals surface area contributed by atoms with Crippen LogP contribution in [0.2, 0.25) is 16.6 Å². The van der Waals surface area contributed by atoms with Gasteiger partial charge in [-0.05, 0) is 48.5 Å². The molecule has 0 saturated heterocycles. The summed E-state index contributed by atoms with van der Waals surface area (Å²) in [5.41, 5.74) is 2.84. The second-order valence-electron chi connectivity index (χ2n) is 8.67. The number of rotatable bonds is 13. The first-order valence-corrected chi connectivity index (χ1v) is 14.2. The minimum Gasteiger partial charge on any atom is -0.416 e. The van der Waals surface area contributed by atoms with E-state index in [1.807, 2.05) is 6.92 Å². The van der Waals surface area contributed by atoms with Crippen LogP contribution in [0.3, 0.4) is 0 Å². The van der Waals surface area contributed by atoms with Crippen LogP contribution < -0.4 is 0 Å². The van der Waals surface area contributed by atoms with E-state index in [0.717, 1.165) is 37.9 Å². The van der Waals surface area contributed by atoms with Crippen molar-refractivity contribution in [2.45, 2.75) is 95.7 Å². The van der Waals surface area contributed by atoms with Crippen LogP contribution in [-0.2, 0) is 18.7 Å². The Balaban J connectivity index is 2.31. The van der Waals surface area contributed by atoms with Gasteiger partial charge in [-0.3, -0.25) is 4.18 Å². The minimum atomic E-state index is -3.64. The second kappa shape index (κ2) is 11.5. The van der Waals surface area contributed by atoms with Crippen molar-refractivity contribution < 1.29 is 17.0 Å². The molecule has 162 valence electrons. The quantitative estimate of drug-likeness (QED) is 0.206. The Morgan fingerprint density at radius 3 is 1.71 bits per heavy atom. The molecule has 0 spiro atoms. The van der Waals surface area contributed by atoms with E-state index in [9.17, 15) is 8.42 Å². The summed E-state index contributed by atoms with van der Waals surface area (Å²) in [6, 6.07) is 6.75. The molecule has 1 rings (SSSR count). The first kappa shape index (κ1) is 25.3. The summed E-state index contributed by atoms with van der Waals surface area (Å²) in [6.07, 6.45) is 3.75. The standard InChI is InChI=1S/C22H40O4SSi/c1-18(2)28(19(3)4,20(5)6)26-17-11-9-8-10-16-25-27(23,24)22-14-12-21(7)13-15-22/h12-15,18-20H,8-11,16-17H2,1-7H3. The Morgan fingerprint density at radius 2 is 1.25 bits per heavy atom. The van der Waals surface area contributed by atoms with E-state index in [1.54, 1.807) is 24.3 Å². The molecule has 6 heteroatoms. The molecule has 0 fully saturated rings. The number of benzene rings is 1. The van der Waals surface area contributed by atoms with Crippen molar-refractivity contribution in [3.8, 4) is 0 Å². The predicted molar refractivity (Wildman–Crippen MR) is 120 cm³/mol. The van der Waals surface area contributed by atoms with Crippen molar-refractivity contribution in [2.24, 2.45) is 0 Å². The zero-order valence-electron chi connectivity index (χ0n) is 18.8. The average Bonchev–Trinajstić information content (AvgIpc) is 2.59. The molecule has 0 aliphatic carbocycles. The fourth-order valence-electron chi connectivity index (χ4n) is 4.25. The van der Waals surface area contributed by atoms with Gasteiger partial charge in [0.05, 0.1) is 11.5 Å². The lowest BCUT2D eigenvalue weighted by molar-refractivity contribution is 0.263. The lowest BCUT2D eigenvalue weighted by atomic mass is 10.2. The van der Waals surface area contributed by atoms with Crippen LogP contribution in [-0.4, -0.2) is 29.9 Å². The summed E-state index contributed by atoms with van der Waals surface area (Å²) in [7, 11) is -5.41. The number of unbranched alkanes of at least 4 members (excludes halogenated alkanes) is 3. The minimum absolute atomic E-state index is 0.226. The molecule has 0 unspecified atom stereocenters. The van der Waals surface area contributed by atoms with E-state index in [-0.39, 0.29) is 11.5 Å². The Morgan fingerprint density at radius 1 is 0.786 bits per heavy atom. The van der Waals surface area contributed by atoms with Gasteiger partial charge in [0.2, 0.25) is 0 Å². The topological polar surface area (TPSA) is 52.6 Å². The molecular formula is C22H40O4SSi. The molecule has 28 heavy (non-hydrogen) atoms. The second-order valence-corrected chi connectivity index (χ2v) is 15.7. The SMILES string of the molecule is Cc1ccc(S(=O)(=O)OCCCCCCO[Si](C(C)C)(C(C)C)C(C)C)cc1. The van der Waals surface area contributed by atoms with Crippen LogP contribution in [0, 0.1) is 6.92 Å². The molecule has 0 aromatic heterocycles. The molecule has 0 atom stereocenters. The fraction of sp³-hybridized carbons (Fsp3) is 0.727. The maximum absolute atomic E-state index is 12.1. The molecule has 0 N–H and O–H groups in total. The smallest absolute Gasteiger partial charge is 0.296 e. The van der Waals surface area contributed by atoms with Crippen molar-refractivity contribution in [2.75, 3.05) is 13.2 Å². The largest absolute Gasteiger partial charge is 0.416 e. The Hall–Kier alpha value is -0.693. The molecule has 0 aliphatic rings. The highest BCUT2D eigenvalue weighted by Crippen LogP contribution is 2.42. The van der Waals surface area contributed by atoms with Gasteiger partial charge in [-0.15, -0.1) is 0 Å². The molecule has 1 aromatic rings. The van der Waals surface area contributed by atoms with E-state index in [2.05, 4.69) is 41.5 Å². The maximum atomic E-state index is 12.1. The zero-order valence-corrected chi connectivity index (χ0v) is 20.6. The Kier molecular flexibility index (Phi) is 10.4. The third-order valence-electron chi connectivity index (χ3n) is 5.65. The summed E-state index contributed by atoms with van der Waals surface area (Å²) in [5.74, 6) is 0. The summed E-state index contributed by atoms with van der Waals surface area (Å²) in [5, 5.41) is 0. The number of aryl methyl sites for hydroxylation is 1. The van der Waals surface area contributed by atoms with Crippen LogP contribution in [0.4, 0.5) is 0 Å². The third kappa shape index (κ3) is 6.97. The molecule has 0 amide bonds. The summed E-state index contributed by atoms with van der Waals surface area (Å²) < 4.78 is 36.0. The van der Waals surface area contributed by atoms with Gasteiger partial charge in [-0.25, -0.2) is 0 Å². The van der Waals surface area contributed by atoms with E-state index in [4.69, 9.17) is 8.61 Å². The fourth-order valence-corrected chi connectivity index (χ4v) is 10.7. The van der Waals surface area contributed by atoms with Crippen molar-refractivity contribution >= 4 is 18.4 Å². The van der Waals surface area contributed by atoms with Crippen LogP contribution in [0.5, 0.6) is 0 Å². The normalized spacial score (nSPS) is 13.1. The molecule has 1 aromatic carbocycles. The number of hydrogen-bond acceptors (Lipinski definition) is 4. The van der Waals surface area contributed by atoms with Crippen LogP contribution in [0.25, 0.3) is 0 Å². The van der Waals surface area contributed by atoms with Gasteiger partial charge in [-0.1, -0.05) is 72.1 Å². The van der Waals surface area contributed by atoms with E-state index < -0.39 is 18.4 Å². The van der Waals surface area contributed by atoms with Crippen molar-refractivity contribution in [1.29, 1.82) is 0 Å². The summed E-state index contributed by atoms with van der Waals surface area (Å²) >= 11 is 0. The molecule has 0 bridgehead atoms. The van der Waals surface area contributed by atoms with E-state index in [0.29, 0.717) is 16.6 Å². The van der Waals surface area contributed by atoms with E-state index in [1.165, 1.54) is 0 Å². The Bertz CT molecular complexity index is 645. The molecule has 0 radical (unpaired) electrons. The zero-order chi connectivity index (χ0) is 21.4. The highest BCUT2D eigenvalue weighted by atomic mass is 32.2. The van der Waals surface area contributed by atoms with E-state index >= 15 is 0 Å². The molecule has 0 saturated carbocycles. The third-order valence-corrected chi connectivity index (χ3v) is 13.1. The van der Waals surface area contributed by atoms with Gasteiger partial charge in [0.1, 0.15) is 0 Å². The van der Waals surface area contributed by atoms with Gasteiger partial charge >= 0.3 is 0 Å². The summed E-state index contributed by atoms with van der Waals surface area (Å²) in [4.78, 5) is 0.226. The summed E-state index contributed by atoms with van der Waals surface area (Å²) in [6.45, 7) is 16.8. The van der Waals surface area contributed by atoms with Crippen LogP contribution in [0.15, 0.2) is 29.2 Å². The monoisotopic (exact) mass is 428 g/mol. The first-order valence-electron chi connectivity index (χ1n) is 10.6. The Labute approximate surface area is 174 Å². The van der Waals surface area contributed by atoms with Gasteiger partial charge in [0, 0.05) is 6.61 Å². The maximum Gasteiger partial charge on any atom is 0.296 e. The van der Waals surface area contributed by atoms with Gasteiger partial charge in [0.25, 0.3) is 10.1 Å². The molecule has 4 nitrogen and oxygen atoms in total. The molecule has 0 aliphatic heterocycles. The van der Waals surface area contributed by atoms with Crippen molar-refractivity contribution in [3.05, 3.63) is 29.8 Å². The van der Waals surface area contributed by atoms with Gasteiger partial charge in [0.15, 0.2) is 8.32 Å². The molecular weight excluding hydrogens is 388 g/mol.